The van der Waals surface area contributed by atoms with Gasteiger partial charge in [-0.15, -0.1) is 0 Å². The van der Waals surface area contributed by atoms with Crippen LogP contribution in [0, 0.1) is 0 Å². The molecule has 0 aliphatic carbocycles. The van der Waals surface area contributed by atoms with E-state index in [0.717, 1.165) is 0 Å². The maximum absolute atomic E-state index is 12.1. The lowest BCUT2D eigenvalue weighted by molar-refractivity contribution is 0.687. The highest BCUT2D eigenvalue weighted by Gasteiger charge is 2.10. The molecule has 1 aromatic carbocycles. The molecule has 3 aromatic rings. The van der Waals surface area contributed by atoms with E-state index in [-0.39, 0.29) is 5.65 Å². The Kier molecular flexibility index (Phi) is 3.26. The van der Waals surface area contributed by atoms with Gasteiger partial charge in [0.1, 0.15) is 0 Å². The van der Waals surface area contributed by atoms with Crippen LogP contribution < -0.4 is 11.2 Å². The van der Waals surface area contributed by atoms with Gasteiger partial charge in [-0.25, -0.2) is 14.3 Å². The van der Waals surface area contributed by atoms with Crippen molar-refractivity contribution in [2.45, 2.75) is 4.90 Å². The highest BCUT2D eigenvalue weighted by atomic mass is 32.2. The summed E-state index contributed by atoms with van der Waals surface area (Å²) >= 11 is 0. The van der Waals surface area contributed by atoms with Crippen LogP contribution in [-0.2, 0) is 10.8 Å². The molecule has 1 atom stereocenters. The summed E-state index contributed by atoms with van der Waals surface area (Å²) in [5.41, 5.74) is -0.187. The molecule has 2 heterocycles. The lowest BCUT2D eigenvalue weighted by Gasteiger charge is -2.08. The number of aromatic nitrogens is 3. The number of pyridine rings is 1. The average molecular weight is 301 g/mol. The number of fused-ring (bicyclic) bond motifs is 1. The van der Waals surface area contributed by atoms with Gasteiger partial charge in [-0.2, -0.15) is 0 Å². The van der Waals surface area contributed by atoms with E-state index in [2.05, 4.69) is 9.97 Å². The van der Waals surface area contributed by atoms with Gasteiger partial charge in [0.2, 0.25) is 0 Å². The molecule has 7 heteroatoms. The summed E-state index contributed by atoms with van der Waals surface area (Å²) in [6.07, 6.45) is 3.10. The molecular formula is C14H11N3O3S. The number of hydrogen-bond acceptors (Lipinski definition) is 4. The molecule has 0 aliphatic rings. The molecule has 1 unspecified atom stereocenters. The number of aromatic amines is 1. The Morgan fingerprint density at radius 3 is 2.52 bits per heavy atom. The van der Waals surface area contributed by atoms with Crippen LogP contribution in [0.4, 0.5) is 0 Å². The van der Waals surface area contributed by atoms with Gasteiger partial charge in [0.25, 0.3) is 5.56 Å². The van der Waals surface area contributed by atoms with E-state index in [9.17, 15) is 13.8 Å². The van der Waals surface area contributed by atoms with E-state index in [0.29, 0.717) is 16.0 Å². The molecule has 6 nitrogen and oxygen atoms in total. The van der Waals surface area contributed by atoms with Crippen molar-refractivity contribution in [2.75, 3.05) is 6.26 Å². The van der Waals surface area contributed by atoms with Crippen LogP contribution in [0.25, 0.3) is 16.7 Å². The quantitative estimate of drug-likeness (QED) is 0.759. The summed E-state index contributed by atoms with van der Waals surface area (Å²) in [6.45, 7) is 0. The molecule has 0 radical (unpaired) electrons. The zero-order chi connectivity index (χ0) is 15.0. The highest BCUT2D eigenvalue weighted by Crippen LogP contribution is 2.13. The van der Waals surface area contributed by atoms with Gasteiger partial charge in [0.05, 0.1) is 11.1 Å². The van der Waals surface area contributed by atoms with E-state index in [4.69, 9.17) is 0 Å². The standard InChI is InChI=1S/C14H11N3O3S/c1-21(20)10-6-4-9(5-7-10)17-12-11(3-2-8-15-12)13(18)16-14(17)19/h2-8H,1H3,(H,16,18,19). The summed E-state index contributed by atoms with van der Waals surface area (Å²) in [5, 5.41) is 0.334. The summed E-state index contributed by atoms with van der Waals surface area (Å²) in [4.78, 5) is 30.9. The first-order valence-corrected chi connectivity index (χ1v) is 7.67. The molecule has 1 N–H and O–H groups in total. The minimum Gasteiger partial charge on any atom is -0.273 e. The molecule has 0 bridgehead atoms. The Hall–Kier alpha value is -2.54. The molecule has 106 valence electrons. The predicted octanol–water partition coefficient (Wildman–Crippen LogP) is 0.811. The fraction of sp³-hybridized carbons (Fsp3) is 0.0714. The second-order valence-electron chi connectivity index (χ2n) is 4.42. The van der Waals surface area contributed by atoms with E-state index >= 15 is 0 Å². The first kappa shape index (κ1) is 13.4. The Balaban J connectivity index is 2.32. The third-order valence-electron chi connectivity index (χ3n) is 3.09. The number of hydrogen-bond donors (Lipinski definition) is 1. The minimum absolute atomic E-state index is 0.289. The van der Waals surface area contributed by atoms with Crippen molar-refractivity contribution < 1.29 is 4.21 Å². The third-order valence-corrected chi connectivity index (χ3v) is 4.03. The molecule has 0 spiro atoms. The monoisotopic (exact) mass is 301 g/mol. The molecule has 0 aliphatic heterocycles. The highest BCUT2D eigenvalue weighted by molar-refractivity contribution is 7.84. The average Bonchev–Trinajstić information content (AvgIpc) is 2.48. The lowest BCUT2D eigenvalue weighted by atomic mass is 10.3. The van der Waals surface area contributed by atoms with Crippen molar-refractivity contribution >= 4 is 21.8 Å². The van der Waals surface area contributed by atoms with Gasteiger partial charge in [-0.3, -0.25) is 14.0 Å². The zero-order valence-electron chi connectivity index (χ0n) is 11.1. The third kappa shape index (κ3) is 2.31. The lowest BCUT2D eigenvalue weighted by Crippen LogP contribution is -2.29. The molecule has 0 fully saturated rings. The Labute approximate surface area is 121 Å². The van der Waals surface area contributed by atoms with Gasteiger partial charge >= 0.3 is 5.69 Å². The van der Waals surface area contributed by atoms with Crippen molar-refractivity contribution in [1.29, 1.82) is 0 Å². The molecule has 0 saturated heterocycles. The van der Waals surface area contributed by atoms with E-state index in [1.165, 1.54) is 10.8 Å². The van der Waals surface area contributed by atoms with Gasteiger partial charge < -0.3 is 0 Å². The topological polar surface area (TPSA) is 84.8 Å². The van der Waals surface area contributed by atoms with Crippen molar-refractivity contribution in [2.24, 2.45) is 0 Å². The van der Waals surface area contributed by atoms with Crippen molar-refractivity contribution in [1.82, 2.24) is 14.5 Å². The van der Waals surface area contributed by atoms with Crippen molar-refractivity contribution in [3.63, 3.8) is 0 Å². The SMILES string of the molecule is CS(=O)c1ccc(-n2c(=O)[nH]c(=O)c3cccnc32)cc1. The van der Waals surface area contributed by atoms with E-state index in [1.807, 2.05) is 0 Å². The molecule has 0 saturated carbocycles. The number of nitrogens with zero attached hydrogens (tertiary/aromatic N) is 2. The van der Waals surface area contributed by atoms with E-state index in [1.54, 1.807) is 42.7 Å². The smallest absolute Gasteiger partial charge is 0.273 e. The Morgan fingerprint density at radius 1 is 1.14 bits per heavy atom. The number of rotatable bonds is 2. The fourth-order valence-electron chi connectivity index (χ4n) is 2.10. The van der Waals surface area contributed by atoms with Gasteiger partial charge in [-0.05, 0) is 36.4 Å². The zero-order valence-corrected chi connectivity index (χ0v) is 11.9. The normalized spacial score (nSPS) is 12.4. The second kappa shape index (κ2) is 5.10. The van der Waals surface area contributed by atoms with Crippen molar-refractivity contribution in [3.8, 4) is 5.69 Å². The Bertz CT molecular complexity index is 958. The van der Waals surface area contributed by atoms with Crippen LogP contribution in [0.1, 0.15) is 0 Å². The van der Waals surface area contributed by atoms with Crippen LogP contribution in [0.5, 0.6) is 0 Å². The van der Waals surface area contributed by atoms with Crippen molar-refractivity contribution in [3.05, 3.63) is 63.4 Å². The molecule has 3 rings (SSSR count). The summed E-state index contributed by atoms with van der Waals surface area (Å²) in [7, 11) is -1.09. The maximum atomic E-state index is 12.1. The van der Waals surface area contributed by atoms with Gasteiger partial charge in [-0.1, -0.05) is 0 Å². The molecule has 2 aromatic heterocycles. The Morgan fingerprint density at radius 2 is 1.86 bits per heavy atom. The first-order valence-electron chi connectivity index (χ1n) is 6.12. The summed E-state index contributed by atoms with van der Waals surface area (Å²) in [6, 6.07) is 9.94. The van der Waals surface area contributed by atoms with Crippen LogP contribution in [0.3, 0.4) is 0 Å². The summed E-state index contributed by atoms with van der Waals surface area (Å²) < 4.78 is 12.7. The van der Waals surface area contributed by atoms with Gasteiger partial charge in [0.15, 0.2) is 5.65 Å². The maximum Gasteiger partial charge on any atom is 0.334 e. The van der Waals surface area contributed by atoms with Crippen LogP contribution in [0.15, 0.2) is 57.1 Å². The first-order chi connectivity index (χ1) is 10.1. The second-order valence-corrected chi connectivity index (χ2v) is 5.80. The van der Waals surface area contributed by atoms with Crippen LogP contribution in [-0.4, -0.2) is 25.0 Å². The molecule has 21 heavy (non-hydrogen) atoms. The molecule has 0 amide bonds. The number of benzene rings is 1. The van der Waals surface area contributed by atoms with Crippen LogP contribution >= 0.6 is 0 Å². The summed E-state index contributed by atoms with van der Waals surface area (Å²) in [5.74, 6) is 0. The fourth-order valence-corrected chi connectivity index (χ4v) is 2.61. The van der Waals surface area contributed by atoms with Gasteiger partial charge in [0, 0.05) is 28.1 Å². The largest absolute Gasteiger partial charge is 0.334 e. The minimum atomic E-state index is -1.09. The predicted molar refractivity (Wildman–Crippen MR) is 80.3 cm³/mol. The van der Waals surface area contributed by atoms with E-state index < -0.39 is 22.0 Å². The van der Waals surface area contributed by atoms with Crippen LogP contribution in [0.2, 0.25) is 0 Å². The number of nitrogens with one attached hydrogen (secondary N) is 1. The molecular weight excluding hydrogens is 290 g/mol. The number of H-pyrrole nitrogens is 1.